The highest BCUT2D eigenvalue weighted by atomic mass is 35.5. The maximum absolute atomic E-state index is 13.4. The van der Waals surface area contributed by atoms with Crippen molar-refractivity contribution in [1.29, 1.82) is 0 Å². The molecule has 1 aliphatic carbocycles. The zero-order valence-electron chi connectivity index (χ0n) is 10.5. The molecule has 2 rings (SSSR count). The molecule has 1 saturated carbocycles. The number of nitrogens with one attached hydrogen (secondary N) is 1. The van der Waals surface area contributed by atoms with E-state index in [1.807, 2.05) is 25.2 Å². The van der Waals surface area contributed by atoms with Crippen LogP contribution in [0, 0.1) is 0 Å². The zero-order chi connectivity index (χ0) is 13.2. The molecule has 1 aromatic carbocycles. The molecule has 1 aliphatic rings. The van der Waals surface area contributed by atoms with Gasteiger partial charge >= 0.3 is 0 Å². The van der Waals surface area contributed by atoms with Crippen molar-refractivity contribution in [2.24, 2.45) is 0 Å². The average Bonchev–Trinajstić information content (AvgIpc) is 2.36. The minimum absolute atomic E-state index is 0.00836. The van der Waals surface area contributed by atoms with E-state index in [1.54, 1.807) is 0 Å². The molecule has 0 aliphatic heterocycles. The number of alkyl halides is 1. The summed E-state index contributed by atoms with van der Waals surface area (Å²) in [6.45, 7) is 0.845. The van der Waals surface area contributed by atoms with Gasteiger partial charge in [-0.1, -0.05) is 29.3 Å². The van der Waals surface area contributed by atoms with Crippen LogP contribution in [0.2, 0.25) is 10.0 Å². The fourth-order valence-corrected chi connectivity index (χ4v) is 3.17. The van der Waals surface area contributed by atoms with Gasteiger partial charge in [0.25, 0.3) is 0 Å². The quantitative estimate of drug-likeness (QED) is 0.872. The van der Waals surface area contributed by atoms with Crippen LogP contribution in [-0.4, -0.2) is 19.8 Å². The first-order chi connectivity index (χ1) is 8.57. The predicted octanol–water partition coefficient (Wildman–Crippen LogP) is 4.36. The van der Waals surface area contributed by atoms with Crippen LogP contribution in [0.15, 0.2) is 18.2 Å². The van der Waals surface area contributed by atoms with Gasteiger partial charge in [-0.25, -0.2) is 4.39 Å². The number of rotatable bonds is 3. The highest BCUT2D eigenvalue weighted by Gasteiger charge is 2.36. The average molecular weight is 290 g/mol. The Morgan fingerprint density at radius 3 is 2.50 bits per heavy atom. The Kier molecular flexibility index (Phi) is 4.52. The van der Waals surface area contributed by atoms with Crippen LogP contribution < -0.4 is 5.32 Å². The van der Waals surface area contributed by atoms with Gasteiger partial charge in [0.15, 0.2) is 0 Å². The Bertz CT molecular complexity index is 414. The summed E-state index contributed by atoms with van der Waals surface area (Å²) < 4.78 is 13.4. The first kappa shape index (κ1) is 14.1. The summed E-state index contributed by atoms with van der Waals surface area (Å²) in [4.78, 5) is 0. The van der Waals surface area contributed by atoms with E-state index in [9.17, 15) is 4.39 Å². The minimum Gasteiger partial charge on any atom is -0.319 e. The third-order valence-electron chi connectivity index (χ3n) is 3.92. The maximum atomic E-state index is 13.4. The second-order valence-corrected chi connectivity index (χ2v) is 5.93. The maximum Gasteiger partial charge on any atom is 0.100 e. The molecule has 18 heavy (non-hydrogen) atoms. The van der Waals surface area contributed by atoms with Crippen molar-refractivity contribution in [3.63, 3.8) is 0 Å². The Morgan fingerprint density at radius 2 is 1.94 bits per heavy atom. The molecular weight excluding hydrogens is 272 g/mol. The van der Waals surface area contributed by atoms with Crippen molar-refractivity contribution in [3.8, 4) is 0 Å². The molecule has 4 heteroatoms. The van der Waals surface area contributed by atoms with Gasteiger partial charge in [0.05, 0.1) is 10.0 Å². The Morgan fingerprint density at radius 1 is 1.28 bits per heavy atom. The topological polar surface area (TPSA) is 12.0 Å². The lowest BCUT2D eigenvalue weighted by molar-refractivity contribution is 0.178. The summed E-state index contributed by atoms with van der Waals surface area (Å²) >= 11 is 12.1. The highest BCUT2D eigenvalue weighted by Crippen LogP contribution is 2.41. The fraction of sp³-hybridized carbons (Fsp3) is 0.571. The van der Waals surface area contributed by atoms with E-state index in [4.69, 9.17) is 23.2 Å². The van der Waals surface area contributed by atoms with E-state index >= 15 is 0 Å². The molecule has 0 spiro atoms. The molecule has 0 amide bonds. The van der Waals surface area contributed by atoms with E-state index in [-0.39, 0.29) is 5.41 Å². The molecular formula is C14H18Cl2FN. The van der Waals surface area contributed by atoms with Crippen molar-refractivity contribution in [3.05, 3.63) is 33.8 Å². The third-order valence-corrected chi connectivity index (χ3v) is 4.66. The van der Waals surface area contributed by atoms with Gasteiger partial charge in [-0.05, 0) is 50.4 Å². The van der Waals surface area contributed by atoms with E-state index in [0.717, 1.165) is 24.9 Å². The largest absolute Gasteiger partial charge is 0.319 e. The smallest absolute Gasteiger partial charge is 0.100 e. The third kappa shape index (κ3) is 2.81. The molecule has 0 radical (unpaired) electrons. The SMILES string of the molecule is CNCC1(c2ccc(Cl)c(Cl)c2)CCC(F)CC1. The summed E-state index contributed by atoms with van der Waals surface area (Å²) in [5, 5.41) is 4.37. The monoisotopic (exact) mass is 289 g/mol. The van der Waals surface area contributed by atoms with Crippen LogP contribution in [-0.2, 0) is 5.41 Å². The van der Waals surface area contributed by atoms with Crippen molar-refractivity contribution >= 4 is 23.2 Å². The molecule has 1 nitrogen and oxygen atoms in total. The molecule has 1 aromatic rings. The Labute approximate surface area is 118 Å². The number of hydrogen-bond donors (Lipinski definition) is 1. The molecule has 0 saturated heterocycles. The van der Waals surface area contributed by atoms with Gasteiger partial charge in [0.1, 0.15) is 6.17 Å². The molecule has 0 aromatic heterocycles. The van der Waals surface area contributed by atoms with Crippen molar-refractivity contribution in [2.75, 3.05) is 13.6 Å². The molecule has 100 valence electrons. The number of hydrogen-bond acceptors (Lipinski definition) is 1. The van der Waals surface area contributed by atoms with Gasteiger partial charge in [-0.2, -0.15) is 0 Å². The zero-order valence-corrected chi connectivity index (χ0v) is 12.0. The van der Waals surface area contributed by atoms with Gasteiger partial charge in [0, 0.05) is 12.0 Å². The first-order valence-electron chi connectivity index (χ1n) is 6.31. The highest BCUT2D eigenvalue weighted by molar-refractivity contribution is 6.42. The van der Waals surface area contributed by atoms with Gasteiger partial charge in [-0.3, -0.25) is 0 Å². The first-order valence-corrected chi connectivity index (χ1v) is 7.07. The van der Waals surface area contributed by atoms with Crippen molar-refractivity contribution in [1.82, 2.24) is 5.32 Å². The van der Waals surface area contributed by atoms with Crippen LogP contribution in [0.3, 0.4) is 0 Å². The Hall–Kier alpha value is -0.310. The van der Waals surface area contributed by atoms with Crippen molar-refractivity contribution < 1.29 is 4.39 Å². The lowest BCUT2D eigenvalue weighted by atomic mass is 9.69. The van der Waals surface area contributed by atoms with E-state index in [2.05, 4.69) is 5.32 Å². The second kappa shape index (κ2) is 5.77. The van der Waals surface area contributed by atoms with E-state index in [1.165, 1.54) is 0 Å². The van der Waals surface area contributed by atoms with Crippen LogP contribution in [0.4, 0.5) is 4.39 Å². The van der Waals surface area contributed by atoms with E-state index < -0.39 is 6.17 Å². The van der Waals surface area contributed by atoms with Gasteiger partial charge in [-0.15, -0.1) is 0 Å². The van der Waals surface area contributed by atoms with Crippen LogP contribution in [0.25, 0.3) is 0 Å². The summed E-state index contributed by atoms with van der Waals surface area (Å²) in [7, 11) is 1.93. The summed E-state index contributed by atoms with van der Waals surface area (Å²) in [5.74, 6) is 0. The standard InChI is InChI=1S/C14H18Cl2FN/c1-18-9-14(6-4-11(17)5-7-14)10-2-3-12(15)13(16)8-10/h2-3,8,11,18H,4-7,9H2,1H3. The summed E-state index contributed by atoms with van der Waals surface area (Å²) in [6, 6.07) is 5.78. The lowest BCUT2D eigenvalue weighted by Crippen LogP contribution is -2.40. The van der Waals surface area contributed by atoms with Crippen LogP contribution >= 0.6 is 23.2 Å². The normalized spacial score (nSPS) is 28.3. The molecule has 0 bridgehead atoms. The van der Waals surface area contributed by atoms with E-state index in [0.29, 0.717) is 22.9 Å². The van der Waals surface area contributed by atoms with Crippen molar-refractivity contribution in [2.45, 2.75) is 37.3 Å². The second-order valence-electron chi connectivity index (χ2n) is 5.11. The number of likely N-dealkylation sites (N-methyl/N-ethyl adjacent to an activating group) is 1. The molecule has 0 unspecified atom stereocenters. The number of halogens is 3. The molecule has 0 atom stereocenters. The summed E-state index contributed by atoms with van der Waals surface area (Å²) in [6.07, 6.45) is 2.31. The van der Waals surface area contributed by atoms with Gasteiger partial charge in [0.2, 0.25) is 0 Å². The molecule has 1 N–H and O–H groups in total. The number of benzene rings is 1. The minimum atomic E-state index is -0.655. The summed E-state index contributed by atoms with van der Waals surface area (Å²) in [5.41, 5.74) is 1.16. The van der Waals surface area contributed by atoms with Crippen LogP contribution in [0.1, 0.15) is 31.2 Å². The predicted molar refractivity (Wildman–Crippen MR) is 75.4 cm³/mol. The Balaban J connectivity index is 2.31. The fourth-order valence-electron chi connectivity index (χ4n) is 2.87. The van der Waals surface area contributed by atoms with Crippen LogP contribution in [0.5, 0.6) is 0 Å². The molecule has 0 heterocycles. The lowest BCUT2D eigenvalue weighted by Gasteiger charge is -2.39. The molecule has 1 fully saturated rings. The van der Waals surface area contributed by atoms with Gasteiger partial charge < -0.3 is 5.32 Å².